The molecule has 2 unspecified atom stereocenters. The van der Waals surface area contributed by atoms with E-state index in [4.69, 9.17) is 16.0 Å². The lowest BCUT2D eigenvalue weighted by atomic mass is 10.2. The fourth-order valence-corrected chi connectivity index (χ4v) is 4.16. The number of urea groups is 1. The lowest BCUT2D eigenvalue weighted by Crippen LogP contribution is -2.39. The predicted octanol–water partition coefficient (Wildman–Crippen LogP) is 4.76. The highest BCUT2D eigenvalue weighted by atomic mass is 35.5. The molecule has 0 spiro atoms. The van der Waals surface area contributed by atoms with Gasteiger partial charge in [-0.05, 0) is 49.1 Å². The van der Waals surface area contributed by atoms with E-state index in [9.17, 15) is 9.59 Å². The van der Waals surface area contributed by atoms with Crippen LogP contribution in [0.4, 0.5) is 10.5 Å². The molecule has 2 aliphatic rings. The van der Waals surface area contributed by atoms with E-state index in [-0.39, 0.29) is 11.9 Å². The van der Waals surface area contributed by atoms with Crippen LogP contribution in [0.25, 0.3) is 0 Å². The fraction of sp³-hybridized carbons (Fsp3) is 0.478. The molecular weight excluding hydrogens is 402 g/mol. The van der Waals surface area contributed by atoms with Gasteiger partial charge in [0.15, 0.2) is 0 Å². The maximum atomic E-state index is 12.7. The monoisotopic (exact) mass is 429 g/mol. The van der Waals surface area contributed by atoms with Crippen LogP contribution < -0.4 is 5.32 Å². The van der Waals surface area contributed by atoms with Gasteiger partial charge in [0.2, 0.25) is 5.91 Å². The highest BCUT2D eigenvalue weighted by molar-refractivity contribution is 6.30. The number of carbonyl (C=O) groups excluding carboxylic acids is 2. The minimum atomic E-state index is -0.163. The molecule has 1 saturated carbocycles. The first-order valence-corrected chi connectivity index (χ1v) is 11.1. The van der Waals surface area contributed by atoms with Crippen LogP contribution in [0.5, 0.6) is 0 Å². The summed E-state index contributed by atoms with van der Waals surface area (Å²) in [7, 11) is 0. The van der Waals surface area contributed by atoms with Gasteiger partial charge in [-0.15, -0.1) is 0 Å². The zero-order valence-electron chi connectivity index (χ0n) is 17.3. The van der Waals surface area contributed by atoms with Crippen LogP contribution in [0, 0.1) is 5.92 Å². The number of aryl methyl sites for hydroxylation is 1. The van der Waals surface area contributed by atoms with Gasteiger partial charge >= 0.3 is 6.03 Å². The molecule has 4 rings (SSSR count). The number of hydrogen-bond acceptors (Lipinski definition) is 3. The SMILES string of the molecule is CC1CC1c1ccc(CCC(=O)N2CCCN(C(=O)Nc3cccc(Cl)c3)CC2)o1. The van der Waals surface area contributed by atoms with Gasteiger partial charge in [-0.1, -0.05) is 24.6 Å². The average Bonchev–Trinajstić information content (AvgIpc) is 3.35. The molecule has 2 heterocycles. The second-order valence-electron chi connectivity index (χ2n) is 8.29. The summed E-state index contributed by atoms with van der Waals surface area (Å²) in [6, 6.07) is 11.0. The molecule has 1 aliphatic carbocycles. The number of amides is 3. The first-order valence-electron chi connectivity index (χ1n) is 10.7. The van der Waals surface area contributed by atoms with Crippen molar-refractivity contribution in [3.63, 3.8) is 0 Å². The predicted molar refractivity (Wildman–Crippen MR) is 117 cm³/mol. The van der Waals surface area contributed by atoms with E-state index in [1.807, 2.05) is 11.0 Å². The number of anilines is 1. The third-order valence-electron chi connectivity index (χ3n) is 5.95. The molecule has 1 N–H and O–H groups in total. The van der Waals surface area contributed by atoms with Crippen LogP contribution in [-0.4, -0.2) is 47.9 Å². The van der Waals surface area contributed by atoms with Crippen LogP contribution in [0.15, 0.2) is 40.8 Å². The summed E-state index contributed by atoms with van der Waals surface area (Å²) in [5.41, 5.74) is 0.670. The van der Waals surface area contributed by atoms with E-state index in [2.05, 4.69) is 18.3 Å². The van der Waals surface area contributed by atoms with Gasteiger partial charge in [0.1, 0.15) is 11.5 Å². The molecule has 2 fully saturated rings. The molecule has 1 aliphatic heterocycles. The molecule has 2 atom stereocenters. The maximum absolute atomic E-state index is 12.7. The molecule has 1 aromatic heterocycles. The summed E-state index contributed by atoms with van der Waals surface area (Å²) < 4.78 is 5.91. The van der Waals surface area contributed by atoms with Crippen molar-refractivity contribution >= 4 is 29.2 Å². The molecule has 160 valence electrons. The standard InChI is InChI=1S/C23H28ClN3O3/c1-16-14-20(16)21-8-6-19(30-21)7-9-22(28)26-10-3-11-27(13-12-26)23(29)25-18-5-2-4-17(24)15-18/h2,4-6,8,15-16,20H,3,7,9-14H2,1H3,(H,25,29). The number of halogens is 1. The Bertz CT molecular complexity index is 913. The number of carbonyl (C=O) groups is 2. The molecule has 1 saturated heterocycles. The minimum Gasteiger partial charge on any atom is -0.466 e. The Hall–Kier alpha value is -2.47. The highest BCUT2D eigenvalue weighted by Crippen LogP contribution is 2.47. The largest absolute Gasteiger partial charge is 0.466 e. The molecule has 7 heteroatoms. The Morgan fingerprint density at radius 3 is 2.67 bits per heavy atom. The van der Waals surface area contributed by atoms with Crippen LogP contribution in [-0.2, 0) is 11.2 Å². The summed E-state index contributed by atoms with van der Waals surface area (Å²) in [5, 5.41) is 3.46. The topological polar surface area (TPSA) is 65.8 Å². The molecule has 1 aromatic carbocycles. The fourth-order valence-electron chi connectivity index (χ4n) is 3.97. The van der Waals surface area contributed by atoms with Crippen molar-refractivity contribution in [2.45, 2.75) is 38.5 Å². The van der Waals surface area contributed by atoms with Crippen LogP contribution in [0.1, 0.15) is 43.6 Å². The Morgan fingerprint density at radius 2 is 1.90 bits per heavy atom. The van der Waals surface area contributed by atoms with Crippen molar-refractivity contribution in [2.24, 2.45) is 5.92 Å². The highest BCUT2D eigenvalue weighted by Gasteiger charge is 2.36. The second kappa shape index (κ2) is 9.13. The average molecular weight is 430 g/mol. The van der Waals surface area contributed by atoms with Gasteiger partial charge in [-0.25, -0.2) is 4.79 Å². The number of nitrogens with zero attached hydrogens (tertiary/aromatic N) is 2. The minimum absolute atomic E-state index is 0.116. The zero-order chi connectivity index (χ0) is 21.1. The summed E-state index contributed by atoms with van der Waals surface area (Å²) in [6.07, 6.45) is 3.01. The Morgan fingerprint density at radius 1 is 1.13 bits per heavy atom. The number of rotatable bonds is 5. The second-order valence-corrected chi connectivity index (χ2v) is 8.72. The van der Waals surface area contributed by atoms with Gasteiger partial charge < -0.3 is 19.5 Å². The van der Waals surface area contributed by atoms with E-state index in [0.29, 0.717) is 61.6 Å². The van der Waals surface area contributed by atoms with Crippen molar-refractivity contribution in [3.05, 3.63) is 52.9 Å². The number of nitrogens with one attached hydrogen (secondary N) is 1. The van der Waals surface area contributed by atoms with Gasteiger partial charge in [-0.2, -0.15) is 0 Å². The van der Waals surface area contributed by atoms with Gasteiger partial charge in [-0.3, -0.25) is 4.79 Å². The van der Waals surface area contributed by atoms with Gasteiger partial charge in [0.05, 0.1) is 0 Å². The van der Waals surface area contributed by atoms with Crippen molar-refractivity contribution in [1.29, 1.82) is 0 Å². The number of benzene rings is 1. The van der Waals surface area contributed by atoms with Crippen LogP contribution >= 0.6 is 11.6 Å². The van der Waals surface area contributed by atoms with Gasteiger partial charge in [0.25, 0.3) is 0 Å². The number of hydrogen-bond donors (Lipinski definition) is 1. The Kier molecular flexibility index (Phi) is 6.32. The lowest BCUT2D eigenvalue weighted by molar-refractivity contribution is -0.131. The first kappa shape index (κ1) is 20.8. The summed E-state index contributed by atoms with van der Waals surface area (Å²) in [6.45, 7) is 4.59. The van der Waals surface area contributed by atoms with Gasteiger partial charge in [0, 0.05) is 55.6 Å². The Labute approximate surface area is 182 Å². The smallest absolute Gasteiger partial charge is 0.321 e. The van der Waals surface area contributed by atoms with Crippen LogP contribution in [0.2, 0.25) is 5.02 Å². The van der Waals surface area contributed by atoms with Crippen LogP contribution in [0.3, 0.4) is 0 Å². The quantitative estimate of drug-likeness (QED) is 0.745. The van der Waals surface area contributed by atoms with E-state index >= 15 is 0 Å². The molecule has 30 heavy (non-hydrogen) atoms. The Balaban J connectivity index is 1.24. The normalized spacial score (nSPS) is 21.3. The third-order valence-corrected chi connectivity index (χ3v) is 6.19. The third kappa shape index (κ3) is 5.17. The summed E-state index contributed by atoms with van der Waals surface area (Å²) >= 11 is 5.98. The molecule has 3 amide bonds. The summed E-state index contributed by atoms with van der Waals surface area (Å²) in [5.74, 6) is 3.33. The van der Waals surface area contributed by atoms with Crippen molar-refractivity contribution < 1.29 is 14.0 Å². The van der Waals surface area contributed by atoms with E-state index < -0.39 is 0 Å². The van der Waals surface area contributed by atoms with Crippen molar-refractivity contribution in [2.75, 3.05) is 31.5 Å². The molecule has 6 nitrogen and oxygen atoms in total. The van der Waals surface area contributed by atoms with Crippen molar-refractivity contribution in [1.82, 2.24) is 9.80 Å². The lowest BCUT2D eigenvalue weighted by Gasteiger charge is -2.22. The molecule has 0 bridgehead atoms. The molecule has 2 aromatic rings. The van der Waals surface area contributed by atoms with Crippen molar-refractivity contribution in [3.8, 4) is 0 Å². The number of furan rings is 1. The summed E-state index contributed by atoms with van der Waals surface area (Å²) in [4.78, 5) is 28.9. The zero-order valence-corrected chi connectivity index (χ0v) is 18.0. The van der Waals surface area contributed by atoms with E-state index in [0.717, 1.165) is 17.9 Å². The maximum Gasteiger partial charge on any atom is 0.321 e. The van der Waals surface area contributed by atoms with E-state index in [1.54, 1.807) is 29.2 Å². The first-order chi connectivity index (χ1) is 14.5. The molecular formula is C23H28ClN3O3. The molecule has 0 radical (unpaired) electrons. The van der Waals surface area contributed by atoms with E-state index in [1.165, 1.54) is 6.42 Å².